The summed E-state index contributed by atoms with van der Waals surface area (Å²) in [6.07, 6.45) is 0. The van der Waals surface area contributed by atoms with Crippen LogP contribution in [-0.2, 0) is 6.54 Å². The first-order chi connectivity index (χ1) is 9.06. The Kier molecular flexibility index (Phi) is 4.30. The van der Waals surface area contributed by atoms with Crippen molar-refractivity contribution in [1.29, 1.82) is 0 Å². The Hall–Kier alpha value is -1.71. The molecule has 19 heavy (non-hydrogen) atoms. The highest BCUT2D eigenvalue weighted by atomic mass is 35.5. The summed E-state index contributed by atoms with van der Waals surface area (Å²) in [6.45, 7) is 0.359. The van der Waals surface area contributed by atoms with E-state index >= 15 is 0 Å². The highest BCUT2D eigenvalue weighted by Gasteiger charge is 2.10. The number of phenols is 1. The van der Waals surface area contributed by atoms with Gasteiger partial charge in [0.25, 0.3) is 5.91 Å². The predicted molar refractivity (Wildman–Crippen MR) is 75.7 cm³/mol. The molecule has 2 N–H and O–H groups in total. The molecule has 0 aromatic heterocycles. The summed E-state index contributed by atoms with van der Waals surface area (Å²) in [5, 5.41) is 12.7. The molecule has 0 heterocycles. The van der Waals surface area contributed by atoms with Crippen molar-refractivity contribution in [3.8, 4) is 5.75 Å². The van der Waals surface area contributed by atoms with Crippen molar-refractivity contribution in [2.24, 2.45) is 0 Å². The van der Waals surface area contributed by atoms with E-state index in [0.29, 0.717) is 22.2 Å². The second kappa shape index (κ2) is 5.95. The van der Waals surface area contributed by atoms with Crippen LogP contribution < -0.4 is 5.32 Å². The Morgan fingerprint density at radius 3 is 2.42 bits per heavy atom. The number of aromatic hydroxyl groups is 1. The summed E-state index contributed by atoms with van der Waals surface area (Å²) in [7, 11) is 0. The van der Waals surface area contributed by atoms with Gasteiger partial charge in [-0.25, -0.2) is 0 Å². The van der Waals surface area contributed by atoms with E-state index in [1.165, 1.54) is 6.07 Å². The number of amides is 1. The number of nitrogens with one attached hydrogen (secondary N) is 1. The van der Waals surface area contributed by atoms with Crippen LogP contribution in [0.2, 0.25) is 10.0 Å². The van der Waals surface area contributed by atoms with Gasteiger partial charge in [0.15, 0.2) is 0 Å². The quantitative estimate of drug-likeness (QED) is 0.908. The Bertz CT molecular complexity index is 597. The largest absolute Gasteiger partial charge is 0.508 e. The minimum atomic E-state index is -0.269. The maximum absolute atomic E-state index is 11.9. The fourth-order valence-corrected chi connectivity index (χ4v) is 2.06. The molecule has 0 aliphatic rings. The lowest BCUT2D eigenvalue weighted by Crippen LogP contribution is -2.23. The molecule has 2 rings (SSSR count). The normalized spacial score (nSPS) is 10.2. The first-order valence-corrected chi connectivity index (χ1v) is 6.33. The van der Waals surface area contributed by atoms with Crippen molar-refractivity contribution in [3.63, 3.8) is 0 Å². The Morgan fingerprint density at radius 2 is 1.79 bits per heavy atom. The van der Waals surface area contributed by atoms with Gasteiger partial charge in [0.05, 0.1) is 10.6 Å². The van der Waals surface area contributed by atoms with E-state index in [1.54, 1.807) is 36.4 Å². The van der Waals surface area contributed by atoms with Crippen LogP contribution in [0.25, 0.3) is 0 Å². The topological polar surface area (TPSA) is 49.3 Å². The maximum Gasteiger partial charge on any atom is 0.253 e. The van der Waals surface area contributed by atoms with E-state index in [-0.39, 0.29) is 11.7 Å². The molecule has 98 valence electrons. The van der Waals surface area contributed by atoms with Crippen molar-refractivity contribution in [1.82, 2.24) is 5.32 Å². The first-order valence-electron chi connectivity index (χ1n) is 5.57. The van der Waals surface area contributed by atoms with Gasteiger partial charge in [-0.1, -0.05) is 35.3 Å². The van der Waals surface area contributed by atoms with Gasteiger partial charge in [-0.15, -0.1) is 0 Å². The van der Waals surface area contributed by atoms with Crippen molar-refractivity contribution >= 4 is 29.1 Å². The number of halogens is 2. The van der Waals surface area contributed by atoms with Crippen LogP contribution in [0.3, 0.4) is 0 Å². The van der Waals surface area contributed by atoms with Gasteiger partial charge in [0, 0.05) is 11.6 Å². The van der Waals surface area contributed by atoms with Gasteiger partial charge in [0.2, 0.25) is 0 Å². The molecular weight excluding hydrogens is 285 g/mol. The molecule has 3 nitrogen and oxygen atoms in total. The van der Waals surface area contributed by atoms with Gasteiger partial charge in [-0.2, -0.15) is 0 Å². The zero-order valence-corrected chi connectivity index (χ0v) is 11.4. The van der Waals surface area contributed by atoms with E-state index in [9.17, 15) is 4.79 Å². The van der Waals surface area contributed by atoms with E-state index < -0.39 is 0 Å². The molecule has 5 heteroatoms. The number of benzene rings is 2. The summed E-state index contributed by atoms with van der Waals surface area (Å²) in [5.74, 6) is -0.0782. The predicted octanol–water partition coefficient (Wildman–Crippen LogP) is 3.63. The van der Waals surface area contributed by atoms with Crippen molar-refractivity contribution in [2.75, 3.05) is 0 Å². The highest BCUT2D eigenvalue weighted by Crippen LogP contribution is 2.21. The molecule has 0 aliphatic heterocycles. The van der Waals surface area contributed by atoms with Crippen LogP contribution >= 0.6 is 23.2 Å². The lowest BCUT2D eigenvalue weighted by Gasteiger charge is -2.07. The molecule has 0 spiro atoms. The average molecular weight is 296 g/mol. The monoisotopic (exact) mass is 295 g/mol. The van der Waals surface area contributed by atoms with Crippen LogP contribution in [0, 0.1) is 0 Å². The molecule has 2 aromatic carbocycles. The number of carbonyl (C=O) groups is 1. The van der Waals surface area contributed by atoms with E-state index in [0.717, 1.165) is 5.56 Å². The number of hydrogen-bond donors (Lipinski definition) is 2. The third-order valence-electron chi connectivity index (χ3n) is 2.57. The number of phenolic OH excluding ortho intramolecular Hbond substituents is 1. The molecule has 1 amide bonds. The van der Waals surface area contributed by atoms with E-state index in [2.05, 4.69) is 5.32 Å². The number of carbonyl (C=O) groups excluding carboxylic acids is 1. The van der Waals surface area contributed by atoms with E-state index in [1.807, 2.05) is 0 Å². The summed E-state index contributed by atoms with van der Waals surface area (Å²) in [5.41, 5.74) is 1.26. The van der Waals surface area contributed by atoms with Gasteiger partial charge in [0.1, 0.15) is 5.75 Å². The SMILES string of the molecule is O=C(NCc1ccc(O)cc1)c1ccc(Cl)cc1Cl. The van der Waals surface area contributed by atoms with E-state index in [4.69, 9.17) is 28.3 Å². The van der Waals surface area contributed by atoms with Crippen LogP contribution in [0.1, 0.15) is 15.9 Å². The molecule has 0 aliphatic carbocycles. The number of rotatable bonds is 3. The van der Waals surface area contributed by atoms with Crippen molar-refractivity contribution < 1.29 is 9.90 Å². The summed E-state index contributed by atoms with van der Waals surface area (Å²) < 4.78 is 0. The molecular formula is C14H11Cl2NO2. The Balaban J connectivity index is 2.03. The third kappa shape index (κ3) is 3.63. The summed E-state index contributed by atoms with van der Waals surface area (Å²) in [6, 6.07) is 11.3. The highest BCUT2D eigenvalue weighted by molar-refractivity contribution is 6.36. The van der Waals surface area contributed by atoms with Gasteiger partial charge >= 0.3 is 0 Å². The molecule has 0 atom stereocenters. The standard InChI is InChI=1S/C14H11Cl2NO2/c15-10-3-6-12(13(16)7-10)14(19)17-8-9-1-4-11(18)5-2-9/h1-7,18H,8H2,(H,17,19). The Morgan fingerprint density at radius 1 is 1.11 bits per heavy atom. The lowest BCUT2D eigenvalue weighted by atomic mass is 10.2. The van der Waals surface area contributed by atoms with Crippen LogP contribution in [-0.4, -0.2) is 11.0 Å². The van der Waals surface area contributed by atoms with Crippen molar-refractivity contribution in [2.45, 2.75) is 6.54 Å². The maximum atomic E-state index is 11.9. The van der Waals surface area contributed by atoms with Crippen LogP contribution in [0.5, 0.6) is 5.75 Å². The third-order valence-corrected chi connectivity index (χ3v) is 3.11. The zero-order chi connectivity index (χ0) is 13.8. The summed E-state index contributed by atoms with van der Waals surface area (Å²) in [4.78, 5) is 11.9. The zero-order valence-electron chi connectivity index (χ0n) is 9.86. The average Bonchev–Trinajstić information content (AvgIpc) is 2.37. The minimum absolute atomic E-state index is 0.191. The fourth-order valence-electron chi connectivity index (χ4n) is 1.56. The second-order valence-corrected chi connectivity index (χ2v) is 4.82. The smallest absolute Gasteiger partial charge is 0.253 e. The molecule has 0 saturated heterocycles. The number of hydrogen-bond acceptors (Lipinski definition) is 2. The summed E-state index contributed by atoms with van der Waals surface area (Å²) >= 11 is 11.7. The lowest BCUT2D eigenvalue weighted by molar-refractivity contribution is 0.0951. The fraction of sp³-hybridized carbons (Fsp3) is 0.0714. The van der Waals surface area contributed by atoms with Crippen LogP contribution in [0.4, 0.5) is 0 Å². The first kappa shape index (κ1) is 13.7. The van der Waals surface area contributed by atoms with Crippen molar-refractivity contribution in [3.05, 3.63) is 63.6 Å². The molecule has 0 fully saturated rings. The van der Waals surface area contributed by atoms with Gasteiger partial charge < -0.3 is 10.4 Å². The molecule has 2 aromatic rings. The molecule has 0 saturated carbocycles. The van der Waals surface area contributed by atoms with Gasteiger partial charge in [-0.05, 0) is 35.9 Å². The molecule has 0 bridgehead atoms. The molecule has 0 radical (unpaired) electrons. The second-order valence-electron chi connectivity index (χ2n) is 3.97. The molecule has 0 unspecified atom stereocenters. The van der Waals surface area contributed by atoms with Crippen LogP contribution in [0.15, 0.2) is 42.5 Å². The Labute approximate surface area is 120 Å². The minimum Gasteiger partial charge on any atom is -0.508 e. The van der Waals surface area contributed by atoms with Gasteiger partial charge in [-0.3, -0.25) is 4.79 Å².